The first-order valence-corrected chi connectivity index (χ1v) is 5.71. The van der Waals surface area contributed by atoms with Crippen LogP contribution in [0.2, 0.25) is 0 Å². The molecule has 1 rings (SSSR count). The topological polar surface area (TPSA) is 80.1 Å². The van der Waals surface area contributed by atoms with Gasteiger partial charge in [-0.1, -0.05) is 13.3 Å². The van der Waals surface area contributed by atoms with E-state index in [1.807, 2.05) is 13.0 Å². The van der Waals surface area contributed by atoms with Crippen molar-refractivity contribution in [2.75, 3.05) is 19.7 Å². The number of aliphatic hydroxyl groups excluding tert-OH is 1. The summed E-state index contributed by atoms with van der Waals surface area (Å²) < 4.78 is 0. The largest absolute Gasteiger partial charge is 0.395 e. The van der Waals surface area contributed by atoms with Crippen molar-refractivity contribution in [3.05, 3.63) is 23.5 Å². The molecule has 1 amide bonds. The Balaban J connectivity index is 2.73. The van der Waals surface area contributed by atoms with E-state index in [0.29, 0.717) is 24.3 Å². The molecule has 0 aliphatic carbocycles. The second kappa shape index (κ2) is 6.71. The summed E-state index contributed by atoms with van der Waals surface area (Å²) in [6, 6.07) is 3.47. The van der Waals surface area contributed by atoms with Crippen LogP contribution in [-0.4, -0.2) is 40.6 Å². The van der Waals surface area contributed by atoms with E-state index in [1.54, 1.807) is 4.90 Å². The minimum atomic E-state index is -0.148. The van der Waals surface area contributed by atoms with Gasteiger partial charge < -0.3 is 15.0 Å². The number of carbonyl (C=O) groups excluding carboxylic acids is 1. The number of nitrogens with one attached hydrogen (secondary N) is 1. The third-order valence-corrected chi connectivity index (χ3v) is 2.49. The molecule has 0 saturated carbocycles. The molecule has 0 aliphatic heterocycles. The number of aliphatic hydroxyl groups is 1. The Hall–Kier alpha value is -1.80. The van der Waals surface area contributed by atoms with E-state index in [0.717, 1.165) is 12.8 Å². The van der Waals surface area contributed by atoms with Gasteiger partial charge in [-0.05, 0) is 12.5 Å². The smallest absolute Gasteiger partial charge is 0.255 e. The van der Waals surface area contributed by atoms with Crippen molar-refractivity contribution in [1.29, 1.82) is 5.26 Å². The fraction of sp³-hybridized carbons (Fsp3) is 0.500. The van der Waals surface area contributed by atoms with Gasteiger partial charge in [0.1, 0.15) is 11.8 Å². The Morgan fingerprint density at radius 3 is 2.88 bits per heavy atom. The minimum absolute atomic E-state index is 0.0506. The molecule has 2 N–H and O–H groups in total. The van der Waals surface area contributed by atoms with Crippen LogP contribution < -0.4 is 0 Å². The summed E-state index contributed by atoms with van der Waals surface area (Å²) in [5.41, 5.74) is 0.832. The number of aromatic nitrogens is 1. The van der Waals surface area contributed by atoms with E-state index >= 15 is 0 Å². The second-order valence-corrected chi connectivity index (χ2v) is 3.78. The first-order valence-electron chi connectivity index (χ1n) is 5.71. The number of amides is 1. The lowest BCUT2D eigenvalue weighted by atomic mass is 10.2. The Labute approximate surface area is 101 Å². The van der Waals surface area contributed by atoms with Gasteiger partial charge in [-0.15, -0.1) is 0 Å². The van der Waals surface area contributed by atoms with E-state index in [9.17, 15) is 4.79 Å². The van der Waals surface area contributed by atoms with Gasteiger partial charge in [0.25, 0.3) is 5.91 Å². The molecule has 0 unspecified atom stereocenters. The van der Waals surface area contributed by atoms with E-state index in [2.05, 4.69) is 4.98 Å². The summed E-state index contributed by atoms with van der Waals surface area (Å²) in [5.74, 6) is -0.148. The standard InChI is InChI=1S/C12H17N3O2/c1-2-3-4-15(5-6-16)12(17)10-7-11(8-13)14-9-10/h7,9,14,16H,2-6H2,1H3. The first kappa shape index (κ1) is 13.3. The van der Waals surface area contributed by atoms with Crippen LogP contribution in [0.5, 0.6) is 0 Å². The zero-order valence-corrected chi connectivity index (χ0v) is 9.94. The summed E-state index contributed by atoms with van der Waals surface area (Å²) >= 11 is 0. The Morgan fingerprint density at radius 1 is 1.59 bits per heavy atom. The highest BCUT2D eigenvalue weighted by Crippen LogP contribution is 2.08. The molecule has 5 heteroatoms. The molecule has 0 bridgehead atoms. The molecule has 1 aromatic heterocycles. The maximum Gasteiger partial charge on any atom is 0.255 e. The molecule has 92 valence electrons. The highest BCUT2D eigenvalue weighted by Gasteiger charge is 2.16. The molecule has 17 heavy (non-hydrogen) atoms. The lowest BCUT2D eigenvalue weighted by Crippen LogP contribution is -2.34. The third kappa shape index (κ3) is 3.61. The zero-order valence-electron chi connectivity index (χ0n) is 9.94. The van der Waals surface area contributed by atoms with Crippen LogP contribution in [0, 0.1) is 11.3 Å². The van der Waals surface area contributed by atoms with E-state index in [1.165, 1.54) is 12.3 Å². The molecule has 0 radical (unpaired) electrons. The van der Waals surface area contributed by atoms with Crippen LogP contribution in [0.3, 0.4) is 0 Å². The molecule has 0 fully saturated rings. The Morgan fingerprint density at radius 2 is 2.35 bits per heavy atom. The van der Waals surface area contributed by atoms with E-state index < -0.39 is 0 Å². The molecular formula is C12H17N3O2. The quantitative estimate of drug-likeness (QED) is 0.775. The number of H-pyrrole nitrogens is 1. The molecular weight excluding hydrogens is 218 g/mol. The van der Waals surface area contributed by atoms with E-state index in [-0.39, 0.29) is 12.5 Å². The third-order valence-electron chi connectivity index (χ3n) is 2.49. The molecule has 1 heterocycles. The van der Waals surface area contributed by atoms with Crippen molar-refractivity contribution >= 4 is 5.91 Å². The number of hydrogen-bond donors (Lipinski definition) is 2. The number of hydrogen-bond acceptors (Lipinski definition) is 3. The lowest BCUT2D eigenvalue weighted by molar-refractivity contribution is 0.0719. The fourth-order valence-corrected chi connectivity index (χ4v) is 1.55. The van der Waals surface area contributed by atoms with Gasteiger partial charge in [-0.25, -0.2) is 0 Å². The van der Waals surface area contributed by atoms with Gasteiger partial charge in [-0.3, -0.25) is 4.79 Å². The minimum Gasteiger partial charge on any atom is -0.395 e. The Bertz CT molecular complexity index is 406. The average molecular weight is 235 g/mol. The lowest BCUT2D eigenvalue weighted by Gasteiger charge is -2.20. The summed E-state index contributed by atoms with van der Waals surface area (Å²) in [6.07, 6.45) is 3.42. The van der Waals surface area contributed by atoms with Gasteiger partial charge in [0, 0.05) is 19.3 Å². The highest BCUT2D eigenvalue weighted by molar-refractivity contribution is 5.94. The SMILES string of the molecule is CCCCN(CCO)C(=O)c1c[nH]c(C#N)c1. The first-order chi connectivity index (χ1) is 8.22. The van der Waals surface area contributed by atoms with E-state index in [4.69, 9.17) is 10.4 Å². The molecule has 0 aromatic carbocycles. The van der Waals surface area contributed by atoms with Gasteiger partial charge in [0.15, 0.2) is 0 Å². The van der Waals surface area contributed by atoms with Crippen LogP contribution >= 0.6 is 0 Å². The van der Waals surface area contributed by atoms with Crippen molar-refractivity contribution in [1.82, 2.24) is 9.88 Å². The van der Waals surface area contributed by atoms with Crippen molar-refractivity contribution < 1.29 is 9.90 Å². The number of unbranched alkanes of at least 4 members (excludes halogenated alkanes) is 1. The van der Waals surface area contributed by atoms with Gasteiger partial charge in [0.2, 0.25) is 0 Å². The maximum atomic E-state index is 12.1. The normalized spacial score (nSPS) is 9.94. The fourth-order valence-electron chi connectivity index (χ4n) is 1.55. The molecule has 0 spiro atoms. The molecule has 0 saturated heterocycles. The molecule has 0 aliphatic rings. The van der Waals surface area contributed by atoms with Crippen molar-refractivity contribution in [3.8, 4) is 6.07 Å². The zero-order chi connectivity index (χ0) is 12.7. The van der Waals surface area contributed by atoms with Gasteiger partial charge in [0.05, 0.1) is 12.2 Å². The van der Waals surface area contributed by atoms with Crippen molar-refractivity contribution in [2.24, 2.45) is 0 Å². The summed E-state index contributed by atoms with van der Waals surface area (Å²) in [5, 5.41) is 17.6. The number of rotatable bonds is 6. The highest BCUT2D eigenvalue weighted by atomic mass is 16.3. The van der Waals surface area contributed by atoms with Crippen molar-refractivity contribution in [2.45, 2.75) is 19.8 Å². The number of aromatic amines is 1. The predicted octanol–water partition coefficient (Wildman–Crippen LogP) is 1.12. The maximum absolute atomic E-state index is 12.1. The second-order valence-electron chi connectivity index (χ2n) is 3.78. The van der Waals surface area contributed by atoms with Gasteiger partial charge >= 0.3 is 0 Å². The Kier molecular flexibility index (Phi) is 5.24. The number of nitriles is 1. The van der Waals surface area contributed by atoms with Crippen LogP contribution in [0.4, 0.5) is 0 Å². The molecule has 5 nitrogen and oxygen atoms in total. The monoisotopic (exact) mass is 235 g/mol. The summed E-state index contributed by atoms with van der Waals surface area (Å²) in [4.78, 5) is 16.4. The number of carbonyl (C=O) groups is 1. The summed E-state index contributed by atoms with van der Waals surface area (Å²) in [7, 11) is 0. The van der Waals surface area contributed by atoms with Crippen LogP contribution in [0.1, 0.15) is 35.8 Å². The van der Waals surface area contributed by atoms with Crippen LogP contribution in [-0.2, 0) is 0 Å². The van der Waals surface area contributed by atoms with Crippen molar-refractivity contribution in [3.63, 3.8) is 0 Å². The van der Waals surface area contributed by atoms with Crippen LogP contribution in [0.25, 0.3) is 0 Å². The number of nitrogens with zero attached hydrogens (tertiary/aromatic N) is 2. The van der Waals surface area contributed by atoms with Gasteiger partial charge in [-0.2, -0.15) is 5.26 Å². The molecule has 1 aromatic rings. The average Bonchev–Trinajstić information content (AvgIpc) is 2.82. The predicted molar refractivity (Wildman–Crippen MR) is 63.4 cm³/mol. The van der Waals surface area contributed by atoms with Crippen LogP contribution in [0.15, 0.2) is 12.3 Å². The summed E-state index contributed by atoms with van der Waals surface area (Å²) in [6.45, 7) is 2.95. The molecule has 0 atom stereocenters.